The molecule has 0 heterocycles. The third kappa shape index (κ3) is 7.80. The van der Waals surface area contributed by atoms with E-state index in [1.165, 1.54) is 25.8 Å². The molecule has 0 rings (SSSR count). The highest BCUT2D eigenvalue weighted by atomic mass is 15.1. The largest absolute Gasteiger partial charge is 0.304 e. The van der Waals surface area contributed by atoms with Gasteiger partial charge in [-0.05, 0) is 38.9 Å². The third-order valence-electron chi connectivity index (χ3n) is 2.29. The summed E-state index contributed by atoms with van der Waals surface area (Å²) in [5, 5.41) is 8.37. The van der Waals surface area contributed by atoms with Crippen LogP contribution in [0.3, 0.4) is 0 Å². The minimum Gasteiger partial charge on any atom is -0.304 e. The smallest absolute Gasteiger partial charge is 0.0621 e. The van der Waals surface area contributed by atoms with Crippen molar-refractivity contribution in [2.75, 3.05) is 19.6 Å². The Morgan fingerprint density at radius 3 is 2.31 bits per heavy atom. The van der Waals surface area contributed by atoms with Crippen LogP contribution >= 0.6 is 0 Å². The predicted octanol–water partition coefficient (Wildman–Crippen LogP) is 2.80. The van der Waals surface area contributed by atoms with E-state index in [0.29, 0.717) is 6.42 Å². The third-order valence-corrected chi connectivity index (χ3v) is 2.29. The Morgan fingerprint density at radius 1 is 1.08 bits per heavy atom. The summed E-state index contributed by atoms with van der Waals surface area (Å²) in [5.74, 6) is 0. The second kappa shape index (κ2) is 9.54. The van der Waals surface area contributed by atoms with Gasteiger partial charge >= 0.3 is 0 Å². The number of nitriles is 1. The van der Waals surface area contributed by atoms with E-state index in [-0.39, 0.29) is 0 Å². The lowest BCUT2D eigenvalue weighted by atomic mass is 10.2. The minimum absolute atomic E-state index is 0.714. The molecule has 0 spiro atoms. The van der Waals surface area contributed by atoms with Crippen LogP contribution in [0.4, 0.5) is 0 Å². The van der Waals surface area contributed by atoms with Gasteiger partial charge in [0.25, 0.3) is 0 Å². The van der Waals surface area contributed by atoms with Crippen molar-refractivity contribution in [3.8, 4) is 6.07 Å². The number of rotatable bonds is 8. The summed E-state index contributed by atoms with van der Waals surface area (Å²) in [6, 6.07) is 2.18. The van der Waals surface area contributed by atoms with Crippen LogP contribution in [-0.2, 0) is 0 Å². The van der Waals surface area contributed by atoms with Gasteiger partial charge in [0.15, 0.2) is 0 Å². The van der Waals surface area contributed by atoms with Gasteiger partial charge in [0, 0.05) is 6.42 Å². The molecule has 2 nitrogen and oxygen atoms in total. The van der Waals surface area contributed by atoms with Gasteiger partial charge in [-0.2, -0.15) is 5.26 Å². The first-order valence-electron chi connectivity index (χ1n) is 5.44. The van der Waals surface area contributed by atoms with E-state index < -0.39 is 0 Å². The van der Waals surface area contributed by atoms with Gasteiger partial charge in [-0.3, -0.25) is 0 Å². The molecule has 0 aromatic heterocycles. The molecule has 0 aliphatic carbocycles. The van der Waals surface area contributed by atoms with E-state index in [1.54, 1.807) is 0 Å². The molecule has 0 amide bonds. The maximum Gasteiger partial charge on any atom is 0.0621 e. The number of hydrogen-bond donors (Lipinski definition) is 0. The molecule has 0 atom stereocenters. The molecule has 0 saturated heterocycles. The van der Waals surface area contributed by atoms with Crippen molar-refractivity contribution < 1.29 is 0 Å². The van der Waals surface area contributed by atoms with Gasteiger partial charge in [-0.15, -0.1) is 0 Å². The topological polar surface area (TPSA) is 27.0 Å². The second-order valence-electron chi connectivity index (χ2n) is 3.40. The normalized spacial score (nSPS) is 10.3. The van der Waals surface area contributed by atoms with Crippen LogP contribution in [0, 0.1) is 11.3 Å². The standard InChI is InChI=1S/C11H22N2/c1-3-5-10-13(4-2)11-8-6-7-9-12/h3-8,10-11H2,1-2H3. The Kier molecular flexibility index (Phi) is 9.13. The molecule has 0 aliphatic heterocycles. The van der Waals surface area contributed by atoms with E-state index in [4.69, 9.17) is 5.26 Å². The first kappa shape index (κ1) is 12.4. The number of hydrogen-bond acceptors (Lipinski definition) is 2. The maximum atomic E-state index is 8.37. The molecular weight excluding hydrogens is 160 g/mol. The number of nitrogens with zero attached hydrogens (tertiary/aromatic N) is 2. The first-order valence-corrected chi connectivity index (χ1v) is 5.44. The van der Waals surface area contributed by atoms with Crippen molar-refractivity contribution in [1.29, 1.82) is 5.26 Å². The average Bonchev–Trinajstić information content (AvgIpc) is 2.17. The minimum atomic E-state index is 0.714. The predicted molar refractivity (Wildman–Crippen MR) is 56.5 cm³/mol. The fourth-order valence-corrected chi connectivity index (χ4v) is 1.35. The highest BCUT2D eigenvalue weighted by Gasteiger charge is 1.99. The molecule has 2 heteroatoms. The lowest BCUT2D eigenvalue weighted by molar-refractivity contribution is 0.278. The Hall–Kier alpha value is -0.550. The highest BCUT2D eigenvalue weighted by molar-refractivity contribution is 4.68. The molecule has 0 saturated carbocycles. The quantitative estimate of drug-likeness (QED) is 0.540. The molecule has 0 unspecified atom stereocenters. The van der Waals surface area contributed by atoms with Crippen LogP contribution in [0.25, 0.3) is 0 Å². The molecule has 0 N–H and O–H groups in total. The van der Waals surface area contributed by atoms with Gasteiger partial charge in [-0.25, -0.2) is 0 Å². The van der Waals surface area contributed by atoms with Crippen molar-refractivity contribution in [3.63, 3.8) is 0 Å². The van der Waals surface area contributed by atoms with Gasteiger partial charge in [-0.1, -0.05) is 20.3 Å². The van der Waals surface area contributed by atoms with E-state index in [1.807, 2.05) is 0 Å². The first-order chi connectivity index (χ1) is 6.35. The van der Waals surface area contributed by atoms with E-state index in [2.05, 4.69) is 24.8 Å². The fourth-order valence-electron chi connectivity index (χ4n) is 1.35. The van der Waals surface area contributed by atoms with Crippen molar-refractivity contribution >= 4 is 0 Å². The summed E-state index contributed by atoms with van der Waals surface area (Å²) in [6.07, 6.45) is 5.51. The van der Waals surface area contributed by atoms with Crippen LogP contribution in [0.2, 0.25) is 0 Å². The molecule has 0 bridgehead atoms. The van der Waals surface area contributed by atoms with E-state index >= 15 is 0 Å². The van der Waals surface area contributed by atoms with Crippen molar-refractivity contribution in [1.82, 2.24) is 4.90 Å². The highest BCUT2D eigenvalue weighted by Crippen LogP contribution is 2.00. The second-order valence-corrected chi connectivity index (χ2v) is 3.40. The number of unbranched alkanes of at least 4 members (excludes halogenated alkanes) is 3. The molecule has 13 heavy (non-hydrogen) atoms. The zero-order valence-corrected chi connectivity index (χ0v) is 9.05. The van der Waals surface area contributed by atoms with Crippen LogP contribution in [0.15, 0.2) is 0 Å². The average molecular weight is 182 g/mol. The summed E-state index contributed by atoms with van der Waals surface area (Å²) in [6.45, 7) is 7.97. The van der Waals surface area contributed by atoms with Crippen molar-refractivity contribution in [2.45, 2.75) is 46.0 Å². The Morgan fingerprint density at radius 2 is 1.77 bits per heavy atom. The monoisotopic (exact) mass is 182 g/mol. The zero-order valence-electron chi connectivity index (χ0n) is 9.05. The molecule has 0 radical (unpaired) electrons. The summed E-state index contributed by atoms with van der Waals surface area (Å²) >= 11 is 0. The van der Waals surface area contributed by atoms with Crippen molar-refractivity contribution in [3.05, 3.63) is 0 Å². The van der Waals surface area contributed by atoms with E-state index in [0.717, 1.165) is 19.5 Å². The lowest BCUT2D eigenvalue weighted by Gasteiger charge is -2.19. The summed E-state index contributed by atoms with van der Waals surface area (Å²) in [5.41, 5.74) is 0. The zero-order chi connectivity index (χ0) is 9.94. The molecule has 0 aromatic rings. The Labute approximate surface area is 82.5 Å². The van der Waals surface area contributed by atoms with E-state index in [9.17, 15) is 0 Å². The van der Waals surface area contributed by atoms with Gasteiger partial charge in [0.05, 0.1) is 6.07 Å². The molecule has 0 aliphatic rings. The maximum absolute atomic E-state index is 8.37. The fraction of sp³-hybridized carbons (Fsp3) is 0.909. The summed E-state index contributed by atoms with van der Waals surface area (Å²) < 4.78 is 0. The SMILES string of the molecule is CCCCN(CC)CCCCC#N. The molecule has 0 aromatic carbocycles. The van der Waals surface area contributed by atoms with Crippen LogP contribution in [0.5, 0.6) is 0 Å². The van der Waals surface area contributed by atoms with Gasteiger partial charge in [0.2, 0.25) is 0 Å². The summed E-state index contributed by atoms with van der Waals surface area (Å²) in [7, 11) is 0. The van der Waals surface area contributed by atoms with Crippen LogP contribution in [-0.4, -0.2) is 24.5 Å². The van der Waals surface area contributed by atoms with Crippen molar-refractivity contribution in [2.24, 2.45) is 0 Å². The van der Waals surface area contributed by atoms with Gasteiger partial charge < -0.3 is 4.90 Å². The van der Waals surface area contributed by atoms with Crippen LogP contribution in [0.1, 0.15) is 46.0 Å². The van der Waals surface area contributed by atoms with Gasteiger partial charge in [0.1, 0.15) is 0 Å². The lowest BCUT2D eigenvalue weighted by Crippen LogP contribution is -2.25. The molecule has 0 fully saturated rings. The molecular formula is C11H22N2. The van der Waals surface area contributed by atoms with Crippen LogP contribution < -0.4 is 0 Å². The Balaban J connectivity index is 3.32. The Bertz CT molecular complexity index is 138. The molecule has 76 valence electrons. The summed E-state index contributed by atoms with van der Waals surface area (Å²) in [4.78, 5) is 2.47.